The summed E-state index contributed by atoms with van der Waals surface area (Å²) in [6.45, 7) is 1.28. The van der Waals surface area contributed by atoms with E-state index in [2.05, 4.69) is 53.7 Å². The Morgan fingerprint density at radius 1 is 0.892 bits per heavy atom. The molecule has 2 amide bonds. The second kappa shape index (κ2) is 13.7. The third-order valence-corrected chi connectivity index (χ3v) is 5.74. The predicted molar refractivity (Wildman–Crippen MR) is 144 cm³/mol. The van der Waals surface area contributed by atoms with Gasteiger partial charge in [-0.15, -0.1) is 0 Å². The molecule has 0 fully saturated rings. The third kappa shape index (κ3) is 8.73. The van der Waals surface area contributed by atoms with Gasteiger partial charge in [-0.2, -0.15) is 0 Å². The Bertz CT molecular complexity index is 1270. The third-order valence-electron chi connectivity index (χ3n) is 5.74. The van der Waals surface area contributed by atoms with Crippen LogP contribution in [0.3, 0.4) is 0 Å². The fraction of sp³-hybridized carbons (Fsp3) is 0.233. The zero-order chi connectivity index (χ0) is 26.6. The van der Waals surface area contributed by atoms with Crippen LogP contribution in [-0.2, 0) is 16.0 Å². The van der Waals surface area contributed by atoms with Gasteiger partial charge in [0.05, 0.1) is 0 Å². The molecule has 7 nitrogen and oxygen atoms in total. The molecule has 0 saturated heterocycles. The van der Waals surface area contributed by atoms with Gasteiger partial charge < -0.3 is 21.5 Å². The van der Waals surface area contributed by atoms with E-state index >= 15 is 0 Å². The lowest BCUT2D eigenvalue weighted by molar-refractivity contribution is -0.123. The first-order chi connectivity index (χ1) is 17.9. The smallest absolute Gasteiger partial charge is 0.251 e. The number of nitrogens with one attached hydrogen (secondary N) is 2. The van der Waals surface area contributed by atoms with Crippen LogP contribution in [0, 0.1) is 18.8 Å². The first-order valence-corrected chi connectivity index (χ1v) is 12.1. The molecule has 0 aliphatic rings. The minimum atomic E-state index is -0.927. The van der Waals surface area contributed by atoms with Crippen LogP contribution in [0.1, 0.15) is 45.5 Å². The standard InChI is InChI=1S/C30H31N3O4/c1-21-5-7-22(8-6-21)3-2-4-29(36)32-26-17-13-24(14-18-26)10-9-23-11-15-25(16-12-23)30(37)33-27(19-31)28(35)20-34/h5-8,11-18,27,34H,2-4,19-20,31H2,1H3,(H,32,36)(H,33,37)/t27-/m0/s1. The molecule has 37 heavy (non-hydrogen) atoms. The predicted octanol–water partition coefficient (Wildman–Crippen LogP) is 2.97. The maximum atomic E-state index is 12.3. The Labute approximate surface area is 217 Å². The molecular weight excluding hydrogens is 466 g/mol. The van der Waals surface area contributed by atoms with E-state index in [0.717, 1.165) is 24.1 Å². The highest BCUT2D eigenvalue weighted by atomic mass is 16.3. The molecule has 0 heterocycles. The first kappa shape index (κ1) is 27.3. The van der Waals surface area contributed by atoms with Gasteiger partial charge in [0.2, 0.25) is 5.91 Å². The van der Waals surface area contributed by atoms with Crippen molar-refractivity contribution in [1.82, 2.24) is 5.32 Å². The summed E-state index contributed by atoms with van der Waals surface area (Å²) in [5.74, 6) is 5.08. The Balaban J connectivity index is 1.48. The van der Waals surface area contributed by atoms with Gasteiger partial charge in [0.25, 0.3) is 5.91 Å². The summed E-state index contributed by atoms with van der Waals surface area (Å²) in [5.41, 5.74) is 10.5. The second-order valence-electron chi connectivity index (χ2n) is 8.68. The van der Waals surface area contributed by atoms with Crippen molar-refractivity contribution >= 4 is 23.3 Å². The SMILES string of the molecule is Cc1ccc(CCCC(=O)Nc2ccc(C#Cc3ccc(C(=O)N[C@@H](CN)C(=O)CO)cc3)cc2)cc1. The minimum Gasteiger partial charge on any atom is -0.388 e. The Hall–Kier alpha value is -4.25. The second-order valence-corrected chi connectivity index (χ2v) is 8.68. The number of rotatable bonds is 10. The highest BCUT2D eigenvalue weighted by molar-refractivity contribution is 5.98. The average Bonchev–Trinajstić information content (AvgIpc) is 2.92. The van der Waals surface area contributed by atoms with Gasteiger partial charge in [-0.1, -0.05) is 41.7 Å². The van der Waals surface area contributed by atoms with Crippen LogP contribution < -0.4 is 16.4 Å². The molecule has 3 aromatic rings. The number of anilines is 1. The highest BCUT2D eigenvalue weighted by Crippen LogP contribution is 2.12. The molecule has 7 heteroatoms. The van der Waals surface area contributed by atoms with Crippen LogP contribution >= 0.6 is 0 Å². The van der Waals surface area contributed by atoms with E-state index in [0.29, 0.717) is 17.5 Å². The lowest BCUT2D eigenvalue weighted by Gasteiger charge is -2.14. The number of aliphatic hydroxyl groups excluding tert-OH is 1. The van der Waals surface area contributed by atoms with Crippen molar-refractivity contribution in [2.45, 2.75) is 32.2 Å². The van der Waals surface area contributed by atoms with Gasteiger partial charge in [-0.25, -0.2) is 0 Å². The van der Waals surface area contributed by atoms with Crippen molar-refractivity contribution in [1.29, 1.82) is 0 Å². The van der Waals surface area contributed by atoms with Crippen LogP contribution in [-0.4, -0.2) is 41.9 Å². The summed E-state index contributed by atoms with van der Waals surface area (Å²) in [4.78, 5) is 36.1. The molecule has 5 N–H and O–H groups in total. The zero-order valence-corrected chi connectivity index (χ0v) is 20.8. The number of Topliss-reactive ketones (excluding diaryl/α,β-unsaturated/α-hetero) is 1. The van der Waals surface area contributed by atoms with E-state index in [9.17, 15) is 14.4 Å². The molecule has 3 aromatic carbocycles. The zero-order valence-electron chi connectivity index (χ0n) is 20.8. The van der Waals surface area contributed by atoms with Crippen LogP contribution in [0.5, 0.6) is 0 Å². The topological polar surface area (TPSA) is 122 Å². The highest BCUT2D eigenvalue weighted by Gasteiger charge is 2.18. The van der Waals surface area contributed by atoms with Gasteiger partial charge in [-0.05, 0) is 73.9 Å². The molecule has 3 rings (SSSR count). The molecule has 0 aliphatic carbocycles. The normalized spacial score (nSPS) is 11.1. The van der Waals surface area contributed by atoms with Gasteiger partial charge in [0.1, 0.15) is 12.6 Å². The summed E-state index contributed by atoms with van der Waals surface area (Å²) in [6, 6.07) is 21.4. The van der Waals surface area contributed by atoms with E-state index in [1.165, 1.54) is 11.1 Å². The molecule has 0 bridgehead atoms. The van der Waals surface area contributed by atoms with E-state index in [-0.39, 0.29) is 12.5 Å². The Kier molecular flexibility index (Phi) is 10.1. The van der Waals surface area contributed by atoms with Crippen molar-refractivity contribution in [2.75, 3.05) is 18.5 Å². The average molecular weight is 498 g/mol. The molecule has 0 spiro atoms. The van der Waals surface area contributed by atoms with Crippen molar-refractivity contribution in [2.24, 2.45) is 5.73 Å². The number of carbonyl (C=O) groups excluding carboxylic acids is 3. The van der Waals surface area contributed by atoms with Crippen LogP contribution in [0.4, 0.5) is 5.69 Å². The number of amides is 2. The van der Waals surface area contributed by atoms with E-state index in [1.807, 2.05) is 24.3 Å². The number of nitrogens with two attached hydrogens (primary N) is 1. The Morgan fingerprint density at radius 3 is 2.05 bits per heavy atom. The summed E-state index contributed by atoms with van der Waals surface area (Å²) >= 11 is 0. The molecule has 0 aromatic heterocycles. The minimum absolute atomic E-state index is 0.0198. The molecule has 0 saturated carbocycles. The van der Waals surface area contributed by atoms with Crippen molar-refractivity contribution in [3.8, 4) is 11.8 Å². The van der Waals surface area contributed by atoms with Crippen LogP contribution in [0.25, 0.3) is 0 Å². The number of carbonyl (C=O) groups is 3. The van der Waals surface area contributed by atoms with Gasteiger partial charge >= 0.3 is 0 Å². The summed E-state index contributed by atoms with van der Waals surface area (Å²) < 4.78 is 0. The van der Waals surface area contributed by atoms with E-state index in [1.54, 1.807) is 24.3 Å². The van der Waals surface area contributed by atoms with Gasteiger partial charge in [-0.3, -0.25) is 14.4 Å². The van der Waals surface area contributed by atoms with Crippen LogP contribution in [0.2, 0.25) is 0 Å². The summed E-state index contributed by atoms with van der Waals surface area (Å²) in [6.07, 6.45) is 2.10. The molecule has 0 radical (unpaired) electrons. The fourth-order valence-electron chi connectivity index (χ4n) is 3.54. The van der Waals surface area contributed by atoms with Gasteiger partial charge in [0.15, 0.2) is 5.78 Å². The molecule has 1 atom stereocenters. The van der Waals surface area contributed by atoms with Gasteiger partial charge in [0, 0.05) is 35.3 Å². The number of hydrogen-bond acceptors (Lipinski definition) is 5. The van der Waals surface area contributed by atoms with Crippen molar-refractivity contribution in [3.05, 3.63) is 101 Å². The molecule has 190 valence electrons. The lowest BCUT2D eigenvalue weighted by atomic mass is 10.1. The number of benzene rings is 3. The fourth-order valence-corrected chi connectivity index (χ4v) is 3.54. The number of aryl methyl sites for hydroxylation is 2. The first-order valence-electron chi connectivity index (χ1n) is 12.1. The molecule has 0 unspecified atom stereocenters. The molecule has 0 aliphatic heterocycles. The Morgan fingerprint density at radius 2 is 1.49 bits per heavy atom. The monoisotopic (exact) mass is 497 g/mol. The maximum absolute atomic E-state index is 12.3. The van der Waals surface area contributed by atoms with E-state index < -0.39 is 24.3 Å². The van der Waals surface area contributed by atoms with Crippen molar-refractivity contribution < 1.29 is 19.5 Å². The van der Waals surface area contributed by atoms with E-state index in [4.69, 9.17) is 10.8 Å². The number of hydrogen-bond donors (Lipinski definition) is 4. The largest absolute Gasteiger partial charge is 0.388 e. The molecular formula is C30H31N3O4. The van der Waals surface area contributed by atoms with Crippen LogP contribution in [0.15, 0.2) is 72.8 Å². The number of ketones is 1. The van der Waals surface area contributed by atoms with Crippen molar-refractivity contribution in [3.63, 3.8) is 0 Å². The maximum Gasteiger partial charge on any atom is 0.251 e. The number of aliphatic hydroxyl groups is 1. The summed E-state index contributed by atoms with van der Waals surface area (Å²) in [5, 5.41) is 14.4. The quantitative estimate of drug-likeness (QED) is 0.321. The lowest BCUT2D eigenvalue weighted by Crippen LogP contribution is -2.46. The summed E-state index contributed by atoms with van der Waals surface area (Å²) in [7, 11) is 0.